The van der Waals surface area contributed by atoms with Gasteiger partial charge in [0.1, 0.15) is 0 Å². The molecule has 0 aromatic heterocycles. The molecular weight excluding hydrogens is 400 g/mol. The van der Waals surface area contributed by atoms with Gasteiger partial charge in [-0.2, -0.15) is 26.3 Å². The van der Waals surface area contributed by atoms with Gasteiger partial charge in [-0.3, -0.25) is 4.79 Å². The minimum atomic E-state index is -5.06. The van der Waals surface area contributed by atoms with E-state index in [9.17, 15) is 39.6 Å². The Balaban J connectivity index is 2.01. The maximum atomic E-state index is 13.0. The first-order chi connectivity index (χ1) is 12.3. The topological polar surface area (TPSA) is 54.5 Å². The van der Waals surface area contributed by atoms with Crippen molar-refractivity contribution in [3.05, 3.63) is 34.9 Å². The lowest BCUT2D eigenvalue weighted by Gasteiger charge is -2.29. The summed E-state index contributed by atoms with van der Waals surface area (Å²) in [4.78, 5) is 13.9. The van der Waals surface area contributed by atoms with Crippen molar-refractivity contribution in [3.8, 4) is 0 Å². The van der Waals surface area contributed by atoms with Gasteiger partial charge in [0, 0.05) is 17.6 Å². The number of benzene rings is 1. The summed E-state index contributed by atoms with van der Waals surface area (Å²) in [6.07, 6.45) is -8.93. The summed E-state index contributed by atoms with van der Waals surface area (Å²) in [5, 5.41) is 0. The van der Waals surface area contributed by atoms with E-state index in [0.29, 0.717) is 25.0 Å². The standard InChI is InChI=1S/C16H15F6NO3S/c17-15(18,19)10-5-9(6-11(7-10)16(20,21)22)14(24)23(12-1-2-12)13-3-4-27(25,26)8-13/h5-7,12-13H,1-4,8H2. The van der Waals surface area contributed by atoms with Crippen LogP contribution in [0.15, 0.2) is 18.2 Å². The Labute approximate surface area is 151 Å². The third kappa shape index (κ3) is 4.39. The van der Waals surface area contributed by atoms with Crippen LogP contribution in [-0.2, 0) is 22.2 Å². The van der Waals surface area contributed by atoms with E-state index in [0.717, 1.165) is 4.90 Å². The molecule has 1 aromatic rings. The number of carbonyl (C=O) groups excluding carboxylic acids is 1. The molecule has 0 N–H and O–H groups in total. The molecule has 0 spiro atoms. The van der Waals surface area contributed by atoms with E-state index in [2.05, 4.69) is 0 Å². The van der Waals surface area contributed by atoms with E-state index in [1.54, 1.807) is 0 Å². The van der Waals surface area contributed by atoms with Crippen molar-refractivity contribution in [3.63, 3.8) is 0 Å². The van der Waals surface area contributed by atoms with Gasteiger partial charge in [0.15, 0.2) is 9.84 Å². The Kier molecular flexibility index (Phi) is 4.72. The van der Waals surface area contributed by atoms with E-state index in [4.69, 9.17) is 0 Å². The monoisotopic (exact) mass is 415 g/mol. The summed E-state index contributed by atoms with van der Waals surface area (Å²) >= 11 is 0. The highest BCUT2D eigenvalue weighted by Gasteiger charge is 2.44. The Morgan fingerprint density at radius 1 is 0.889 bits per heavy atom. The van der Waals surface area contributed by atoms with Crippen LogP contribution < -0.4 is 0 Å². The molecule has 1 amide bonds. The Morgan fingerprint density at radius 3 is 1.78 bits per heavy atom. The zero-order chi connectivity index (χ0) is 20.2. The largest absolute Gasteiger partial charge is 0.416 e. The molecule has 0 bridgehead atoms. The van der Waals surface area contributed by atoms with E-state index < -0.39 is 50.8 Å². The summed E-state index contributed by atoms with van der Waals surface area (Å²) in [7, 11) is -3.38. The lowest BCUT2D eigenvalue weighted by molar-refractivity contribution is -0.143. The molecule has 1 saturated heterocycles. The van der Waals surface area contributed by atoms with Crippen LogP contribution in [0.5, 0.6) is 0 Å². The Bertz CT molecular complexity index is 826. The fourth-order valence-corrected chi connectivity index (χ4v) is 4.92. The lowest BCUT2D eigenvalue weighted by atomic mass is 10.0. The predicted octanol–water partition coefficient (Wildman–Crippen LogP) is 3.52. The molecule has 4 nitrogen and oxygen atoms in total. The number of amides is 1. The molecule has 1 heterocycles. The molecular formula is C16H15F6NO3S. The van der Waals surface area contributed by atoms with Crippen LogP contribution in [0.4, 0.5) is 26.3 Å². The molecule has 1 aliphatic heterocycles. The number of hydrogen-bond acceptors (Lipinski definition) is 3. The van der Waals surface area contributed by atoms with Crippen molar-refractivity contribution >= 4 is 15.7 Å². The molecule has 150 valence electrons. The molecule has 2 aliphatic rings. The molecule has 27 heavy (non-hydrogen) atoms. The fourth-order valence-electron chi connectivity index (χ4n) is 3.20. The number of halogens is 6. The summed E-state index contributed by atoms with van der Waals surface area (Å²) in [5.74, 6) is -1.50. The molecule has 1 unspecified atom stereocenters. The van der Waals surface area contributed by atoms with Gasteiger partial charge >= 0.3 is 12.4 Å². The number of rotatable bonds is 3. The predicted molar refractivity (Wildman–Crippen MR) is 82.7 cm³/mol. The molecule has 2 fully saturated rings. The first-order valence-electron chi connectivity index (χ1n) is 8.10. The van der Waals surface area contributed by atoms with Gasteiger partial charge < -0.3 is 4.90 Å². The van der Waals surface area contributed by atoms with Crippen molar-refractivity contribution in [2.24, 2.45) is 0 Å². The zero-order valence-electron chi connectivity index (χ0n) is 13.8. The molecule has 1 atom stereocenters. The second kappa shape index (κ2) is 6.39. The van der Waals surface area contributed by atoms with Crippen molar-refractivity contribution < 1.29 is 39.6 Å². The maximum Gasteiger partial charge on any atom is 0.416 e. The van der Waals surface area contributed by atoms with Gasteiger partial charge in [-0.1, -0.05) is 0 Å². The maximum absolute atomic E-state index is 13.0. The average Bonchev–Trinajstić information content (AvgIpc) is 3.29. The first kappa shape index (κ1) is 20.0. The SMILES string of the molecule is O=C(c1cc(C(F)(F)F)cc(C(F)(F)F)c1)N(C1CC1)C1CCS(=O)(=O)C1. The van der Waals surface area contributed by atoms with Crippen LogP contribution in [0.25, 0.3) is 0 Å². The van der Waals surface area contributed by atoms with Crippen LogP contribution in [0.2, 0.25) is 0 Å². The quantitative estimate of drug-likeness (QED) is 0.710. The van der Waals surface area contributed by atoms with Crippen LogP contribution in [0.1, 0.15) is 40.7 Å². The van der Waals surface area contributed by atoms with Crippen LogP contribution >= 0.6 is 0 Å². The number of hydrogen-bond donors (Lipinski definition) is 0. The van der Waals surface area contributed by atoms with E-state index in [-0.39, 0.29) is 30.0 Å². The van der Waals surface area contributed by atoms with Crippen LogP contribution in [0, 0.1) is 0 Å². The summed E-state index contributed by atoms with van der Waals surface area (Å²) in [6, 6.07) is -0.371. The third-order valence-electron chi connectivity index (χ3n) is 4.61. The molecule has 3 rings (SSSR count). The summed E-state index contributed by atoms with van der Waals surface area (Å²) < 4.78 is 101. The van der Waals surface area contributed by atoms with Gasteiger partial charge in [0.2, 0.25) is 0 Å². The third-order valence-corrected chi connectivity index (χ3v) is 6.36. The first-order valence-corrected chi connectivity index (χ1v) is 9.93. The number of nitrogens with zero attached hydrogens (tertiary/aromatic N) is 1. The molecule has 0 radical (unpaired) electrons. The average molecular weight is 415 g/mol. The zero-order valence-corrected chi connectivity index (χ0v) is 14.6. The Hall–Kier alpha value is -1.78. The van der Waals surface area contributed by atoms with E-state index >= 15 is 0 Å². The Morgan fingerprint density at radius 2 is 1.41 bits per heavy atom. The van der Waals surface area contributed by atoms with Crippen molar-refractivity contribution in [1.29, 1.82) is 0 Å². The van der Waals surface area contributed by atoms with Crippen molar-refractivity contribution in [2.75, 3.05) is 11.5 Å². The second-order valence-electron chi connectivity index (χ2n) is 6.80. The highest BCUT2D eigenvalue weighted by molar-refractivity contribution is 7.91. The van der Waals surface area contributed by atoms with Crippen LogP contribution in [-0.4, -0.2) is 42.8 Å². The minimum Gasteiger partial charge on any atom is -0.332 e. The molecule has 11 heteroatoms. The molecule has 1 saturated carbocycles. The summed E-state index contributed by atoms with van der Waals surface area (Å²) in [5.41, 5.74) is -3.89. The lowest BCUT2D eigenvalue weighted by Crippen LogP contribution is -2.43. The van der Waals surface area contributed by atoms with E-state index in [1.807, 2.05) is 0 Å². The van der Waals surface area contributed by atoms with Gasteiger partial charge in [0.25, 0.3) is 5.91 Å². The molecule has 1 aliphatic carbocycles. The van der Waals surface area contributed by atoms with Gasteiger partial charge in [-0.15, -0.1) is 0 Å². The second-order valence-corrected chi connectivity index (χ2v) is 9.02. The van der Waals surface area contributed by atoms with Gasteiger partial charge in [0.05, 0.1) is 22.6 Å². The molecule has 1 aromatic carbocycles. The fraction of sp³-hybridized carbons (Fsp3) is 0.562. The van der Waals surface area contributed by atoms with Crippen molar-refractivity contribution in [2.45, 2.75) is 43.7 Å². The highest BCUT2D eigenvalue weighted by atomic mass is 32.2. The van der Waals surface area contributed by atoms with Crippen LogP contribution in [0.3, 0.4) is 0 Å². The summed E-state index contributed by atoms with van der Waals surface area (Å²) in [6.45, 7) is 0. The number of alkyl halides is 6. The highest BCUT2D eigenvalue weighted by Crippen LogP contribution is 2.38. The van der Waals surface area contributed by atoms with Crippen molar-refractivity contribution in [1.82, 2.24) is 4.90 Å². The van der Waals surface area contributed by atoms with Gasteiger partial charge in [-0.05, 0) is 37.5 Å². The minimum absolute atomic E-state index is 0.0434. The number of sulfone groups is 1. The smallest absolute Gasteiger partial charge is 0.332 e. The normalized spacial score (nSPS) is 22.7. The van der Waals surface area contributed by atoms with Gasteiger partial charge in [-0.25, -0.2) is 8.42 Å². The van der Waals surface area contributed by atoms with E-state index in [1.165, 1.54) is 0 Å². The number of carbonyl (C=O) groups is 1.